The van der Waals surface area contributed by atoms with Gasteiger partial charge in [0.05, 0.1) is 30.6 Å². The van der Waals surface area contributed by atoms with E-state index in [2.05, 4.69) is 12.2 Å². The molecule has 0 aromatic heterocycles. The molecule has 0 aromatic carbocycles. The number of likely N-dealkylation sites (N-methyl/N-ethyl adjacent to an activating group) is 1. The minimum atomic E-state index is -1.21. The quantitative estimate of drug-likeness (QED) is 0.428. The van der Waals surface area contributed by atoms with Crippen LogP contribution in [0.15, 0.2) is 11.8 Å². The number of aliphatic hydroxyl groups is 3. The summed E-state index contributed by atoms with van der Waals surface area (Å²) in [6.07, 6.45) is 0.785. The predicted octanol–water partition coefficient (Wildman–Crippen LogP) is 0.491. The van der Waals surface area contributed by atoms with Crippen LogP contribution in [-0.4, -0.2) is 77.4 Å². The maximum absolute atomic E-state index is 11.4. The van der Waals surface area contributed by atoms with Crippen molar-refractivity contribution in [2.24, 2.45) is 23.5 Å². The minimum Gasteiger partial charge on any atom is -0.493 e. The van der Waals surface area contributed by atoms with Crippen molar-refractivity contribution in [1.82, 2.24) is 5.32 Å². The lowest BCUT2D eigenvalue weighted by Crippen LogP contribution is -2.66. The van der Waals surface area contributed by atoms with Crippen molar-refractivity contribution < 1.29 is 29.5 Å². The highest BCUT2D eigenvalue weighted by atomic mass is 16.7. The van der Waals surface area contributed by atoms with Crippen LogP contribution in [0.3, 0.4) is 0 Å². The highest BCUT2D eigenvalue weighted by Crippen LogP contribution is 2.42. The summed E-state index contributed by atoms with van der Waals surface area (Å²) in [7, 11) is 1.68. The van der Waals surface area contributed by atoms with E-state index in [-0.39, 0.29) is 36.5 Å². The Bertz CT molecular complexity index is 614. The summed E-state index contributed by atoms with van der Waals surface area (Å²) < 4.78 is 18.0. The van der Waals surface area contributed by atoms with Gasteiger partial charge in [0, 0.05) is 18.4 Å². The number of hydrogen-bond donors (Lipinski definition) is 5. The number of ether oxygens (including phenoxy) is 3. The lowest BCUT2D eigenvalue weighted by atomic mass is 9.68. The Labute approximate surface area is 179 Å². The molecule has 0 aromatic rings. The standard InChI is InChI=1S/C22H40N2O6/c1-6-13-7-8-14(23)19(29-13)15-11(2)9-12(3)18(16(15)25)30-21-17(26)20(24-5)22(4,27)10-28-21/h7,11-12,14-21,24-27H,6,8-10,23H2,1-5H3. The molecule has 0 radical (unpaired) electrons. The highest BCUT2D eigenvalue weighted by molar-refractivity contribution is 5.07. The molecule has 0 amide bonds. The zero-order valence-electron chi connectivity index (χ0n) is 18.8. The average Bonchev–Trinajstić information content (AvgIpc) is 2.68. The molecule has 174 valence electrons. The zero-order chi connectivity index (χ0) is 22.2. The van der Waals surface area contributed by atoms with Gasteiger partial charge < -0.3 is 40.6 Å². The summed E-state index contributed by atoms with van der Waals surface area (Å²) in [5, 5.41) is 35.5. The van der Waals surface area contributed by atoms with Gasteiger partial charge in [-0.15, -0.1) is 0 Å². The normalized spacial score (nSPS) is 50.0. The van der Waals surface area contributed by atoms with Crippen LogP contribution >= 0.6 is 0 Å². The Morgan fingerprint density at radius 2 is 1.97 bits per heavy atom. The highest BCUT2D eigenvalue weighted by Gasteiger charge is 2.51. The van der Waals surface area contributed by atoms with Crippen LogP contribution in [0.1, 0.15) is 47.0 Å². The van der Waals surface area contributed by atoms with Gasteiger partial charge in [-0.3, -0.25) is 0 Å². The summed E-state index contributed by atoms with van der Waals surface area (Å²) in [6, 6.07) is -0.786. The fraction of sp³-hybridized carbons (Fsp3) is 0.909. The number of nitrogens with one attached hydrogen (secondary N) is 1. The molecular weight excluding hydrogens is 388 g/mol. The van der Waals surface area contributed by atoms with Gasteiger partial charge in [0.15, 0.2) is 6.29 Å². The van der Waals surface area contributed by atoms with E-state index in [9.17, 15) is 15.3 Å². The van der Waals surface area contributed by atoms with Gasteiger partial charge in [0.2, 0.25) is 0 Å². The molecule has 6 N–H and O–H groups in total. The van der Waals surface area contributed by atoms with Crippen molar-refractivity contribution in [1.29, 1.82) is 0 Å². The predicted molar refractivity (Wildman–Crippen MR) is 112 cm³/mol. The van der Waals surface area contributed by atoms with Crippen LogP contribution in [0.2, 0.25) is 0 Å². The average molecular weight is 429 g/mol. The summed E-state index contributed by atoms with van der Waals surface area (Å²) in [4.78, 5) is 0. The van der Waals surface area contributed by atoms with E-state index >= 15 is 0 Å². The first-order chi connectivity index (χ1) is 14.1. The molecule has 3 rings (SSSR count). The third-order valence-electron chi connectivity index (χ3n) is 7.18. The van der Waals surface area contributed by atoms with E-state index in [4.69, 9.17) is 19.9 Å². The molecule has 8 nitrogen and oxygen atoms in total. The molecular formula is C22H40N2O6. The number of hydrogen-bond acceptors (Lipinski definition) is 8. The van der Waals surface area contributed by atoms with E-state index < -0.39 is 36.2 Å². The van der Waals surface area contributed by atoms with Crippen molar-refractivity contribution in [3.8, 4) is 0 Å². The number of allylic oxidation sites excluding steroid dienone is 1. The Morgan fingerprint density at radius 1 is 1.27 bits per heavy atom. The number of rotatable bonds is 5. The second-order valence-electron chi connectivity index (χ2n) is 9.66. The fourth-order valence-electron chi connectivity index (χ4n) is 5.53. The molecule has 11 unspecified atom stereocenters. The van der Waals surface area contributed by atoms with E-state index in [1.165, 1.54) is 0 Å². The Kier molecular flexibility index (Phi) is 7.49. The molecule has 0 bridgehead atoms. The molecule has 3 aliphatic rings. The van der Waals surface area contributed by atoms with Gasteiger partial charge in [-0.05, 0) is 44.7 Å². The van der Waals surface area contributed by atoms with Gasteiger partial charge in [0.25, 0.3) is 0 Å². The van der Waals surface area contributed by atoms with Crippen molar-refractivity contribution in [2.45, 2.75) is 95.3 Å². The molecule has 30 heavy (non-hydrogen) atoms. The number of aliphatic hydroxyl groups excluding tert-OH is 2. The molecule has 2 heterocycles. The summed E-state index contributed by atoms with van der Waals surface area (Å²) >= 11 is 0. The van der Waals surface area contributed by atoms with E-state index in [0.29, 0.717) is 0 Å². The number of nitrogens with two attached hydrogens (primary N) is 1. The van der Waals surface area contributed by atoms with Crippen LogP contribution in [-0.2, 0) is 14.2 Å². The molecule has 1 saturated heterocycles. The molecule has 8 heteroatoms. The first-order valence-corrected chi connectivity index (χ1v) is 11.2. The second-order valence-corrected chi connectivity index (χ2v) is 9.66. The lowest BCUT2D eigenvalue weighted by molar-refractivity contribution is -0.302. The van der Waals surface area contributed by atoms with Gasteiger partial charge in [-0.25, -0.2) is 0 Å². The van der Waals surface area contributed by atoms with Crippen molar-refractivity contribution in [3.63, 3.8) is 0 Å². The topological polar surface area (TPSA) is 126 Å². The molecule has 1 saturated carbocycles. The van der Waals surface area contributed by atoms with Crippen LogP contribution < -0.4 is 11.1 Å². The van der Waals surface area contributed by atoms with Crippen LogP contribution in [0, 0.1) is 17.8 Å². The van der Waals surface area contributed by atoms with Crippen LogP contribution in [0.25, 0.3) is 0 Å². The fourth-order valence-corrected chi connectivity index (χ4v) is 5.53. The maximum atomic E-state index is 11.4. The SMILES string of the molecule is CCC1=CCC(N)C(C2C(C)CC(C)C(OC3OCC(C)(O)C(NC)C3O)C2O)O1. The minimum absolute atomic E-state index is 0.0263. The van der Waals surface area contributed by atoms with Gasteiger partial charge >= 0.3 is 0 Å². The monoisotopic (exact) mass is 428 g/mol. The first-order valence-electron chi connectivity index (χ1n) is 11.2. The summed E-state index contributed by atoms with van der Waals surface area (Å²) in [5.41, 5.74) is 5.17. The molecule has 11 atom stereocenters. The van der Waals surface area contributed by atoms with Gasteiger partial charge in [-0.2, -0.15) is 0 Å². The van der Waals surface area contributed by atoms with Crippen LogP contribution in [0.4, 0.5) is 0 Å². The van der Waals surface area contributed by atoms with Gasteiger partial charge in [0.1, 0.15) is 17.8 Å². The zero-order valence-corrected chi connectivity index (χ0v) is 18.8. The van der Waals surface area contributed by atoms with E-state index in [1.54, 1.807) is 14.0 Å². The second kappa shape index (κ2) is 9.40. The summed E-state index contributed by atoms with van der Waals surface area (Å²) in [5.74, 6) is 1.02. The lowest BCUT2D eigenvalue weighted by Gasteiger charge is -2.50. The molecule has 2 aliphatic heterocycles. The van der Waals surface area contributed by atoms with Crippen molar-refractivity contribution in [3.05, 3.63) is 11.8 Å². The largest absolute Gasteiger partial charge is 0.493 e. The molecule has 0 spiro atoms. The van der Waals surface area contributed by atoms with E-state index in [0.717, 1.165) is 25.0 Å². The summed E-state index contributed by atoms with van der Waals surface area (Å²) in [6.45, 7) is 7.85. The van der Waals surface area contributed by atoms with Crippen LogP contribution in [0.5, 0.6) is 0 Å². The van der Waals surface area contributed by atoms with Crippen molar-refractivity contribution in [2.75, 3.05) is 13.7 Å². The maximum Gasteiger partial charge on any atom is 0.185 e. The third kappa shape index (κ3) is 4.55. The van der Waals surface area contributed by atoms with Crippen molar-refractivity contribution >= 4 is 0 Å². The Balaban J connectivity index is 1.76. The molecule has 2 fully saturated rings. The first kappa shape index (κ1) is 23.9. The smallest absolute Gasteiger partial charge is 0.185 e. The Morgan fingerprint density at radius 3 is 2.60 bits per heavy atom. The molecule has 1 aliphatic carbocycles. The third-order valence-corrected chi connectivity index (χ3v) is 7.18. The Hall–Kier alpha value is -0.740. The van der Waals surface area contributed by atoms with Gasteiger partial charge in [-0.1, -0.05) is 20.8 Å². The van der Waals surface area contributed by atoms with E-state index in [1.807, 2.05) is 19.9 Å².